The van der Waals surface area contributed by atoms with Crippen LogP contribution in [0.2, 0.25) is 0 Å². The fraction of sp³-hybridized carbons (Fsp3) is 0.676. The molecule has 1 aliphatic carbocycles. The van der Waals surface area contributed by atoms with Crippen LogP contribution >= 0.6 is 0 Å². The third-order valence-corrected chi connectivity index (χ3v) is 10.5. The summed E-state index contributed by atoms with van der Waals surface area (Å²) < 4.78 is 41.2. The van der Waals surface area contributed by atoms with E-state index in [1.54, 1.807) is 11.8 Å². The molecule has 43 heavy (non-hydrogen) atoms. The Bertz CT molecular complexity index is 1370. The van der Waals surface area contributed by atoms with E-state index in [1.807, 2.05) is 13.0 Å². The number of benzene rings is 1. The van der Waals surface area contributed by atoms with Crippen molar-refractivity contribution in [2.45, 2.75) is 128 Å². The van der Waals surface area contributed by atoms with Crippen molar-refractivity contribution in [3.05, 3.63) is 45.9 Å². The molecule has 4 unspecified atom stereocenters. The van der Waals surface area contributed by atoms with Crippen molar-refractivity contribution in [2.75, 3.05) is 30.3 Å². The molecule has 1 aromatic carbocycles. The van der Waals surface area contributed by atoms with Gasteiger partial charge in [0.05, 0.1) is 23.8 Å². The number of nitriles is 1. The van der Waals surface area contributed by atoms with E-state index in [1.165, 1.54) is 18.4 Å². The van der Waals surface area contributed by atoms with Crippen molar-refractivity contribution in [1.82, 2.24) is 14.9 Å². The second kappa shape index (κ2) is 12.3. The van der Waals surface area contributed by atoms with E-state index in [2.05, 4.69) is 37.8 Å². The SMILES string of the molecule is CC12CCCN1CC(F)C2.CCc1nc2c(c(N3CC(F)(F)C3CC)n1)CCC(c1c([C@@H](C)CC)ccc(N)c1C#N)C2. The molecule has 3 fully saturated rings. The minimum Gasteiger partial charge on any atom is -0.398 e. The lowest BCUT2D eigenvalue weighted by atomic mass is 9.76. The molecule has 2 aromatic rings. The second-order valence-electron chi connectivity index (χ2n) is 13.3. The summed E-state index contributed by atoms with van der Waals surface area (Å²) in [6.45, 7) is 11.8. The maximum absolute atomic E-state index is 14.2. The Morgan fingerprint density at radius 3 is 2.60 bits per heavy atom. The average molecular weight is 597 g/mol. The van der Waals surface area contributed by atoms with Gasteiger partial charge in [-0.25, -0.2) is 23.1 Å². The number of nitrogens with zero attached hydrogens (tertiary/aromatic N) is 5. The van der Waals surface area contributed by atoms with Crippen molar-refractivity contribution >= 4 is 11.5 Å². The smallest absolute Gasteiger partial charge is 0.285 e. The fourth-order valence-corrected chi connectivity index (χ4v) is 7.86. The molecule has 3 aliphatic heterocycles. The van der Waals surface area contributed by atoms with Crippen LogP contribution in [0.1, 0.15) is 119 Å². The minimum atomic E-state index is -2.68. The van der Waals surface area contributed by atoms with Crippen LogP contribution in [0.25, 0.3) is 0 Å². The number of fused-ring (bicyclic) bond motifs is 2. The highest BCUT2D eigenvalue weighted by Crippen LogP contribution is 2.45. The van der Waals surface area contributed by atoms with Gasteiger partial charge < -0.3 is 10.6 Å². The lowest BCUT2D eigenvalue weighted by Crippen LogP contribution is -2.65. The predicted molar refractivity (Wildman–Crippen MR) is 166 cm³/mol. The van der Waals surface area contributed by atoms with Crippen LogP contribution in [0.15, 0.2) is 12.1 Å². The molecule has 3 saturated heterocycles. The molecule has 5 atom stereocenters. The number of hydrogen-bond acceptors (Lipinski definition) is 6. The van der Waals surface area contributed by atoms with Crippen molar-refractivity contribution in [1.29, 1.82) is 5.26 Å². The Balaban J connectivity index is 0.000000308. The summed E-state index contributed by atoms with van der Waals surface area (Å²) in [7, 11) is 0. The normalized spacial score (nSPS) is 28.3. The largest absolute Gasteiger partial charge is 0.398 e. The van der Waals surface area contributed by atoms with Gasteiger partial charge >= 0.3 is 0 Å². The highest BCUT2D eigenvalue weighted by molar-refractivity contribution is 5.63. The Kier molecular flexibility index (Phi) is 9.00. The first kappa shape index (κ1) is 31.6. The highest BCUT2D eigenvalue weighted by atomic mass is 19.3. The molecule has 0 saturated carbocycles. The summed E-state index contributed by atoms with van der Waals surface area (Å²) in [5, 5.41) is 9.91. The number of anilines is 2. The number of halogens is 3. The van der Waals surface area contributed by atoms with Crippen LogP contribution in [0.4, 0.5) is 24.7 Å². The highest BCUT2D eigenvalue weighted by Gasteiger charge is 2.55. The van der Waals surface area contributed by atoms with E-state index in [-0.39, 0.29) is 18.0 Å². The van der Waals surface area contributed by atoms with Gasteiger partial charge in [-0.1, -0.05) is 33.8 Å². The zero-order valence-corrected chi connectivity index (χ0v) is 26.4. The van der Waals surface area contributed by atoms with Gasteiger partial charge in [0.15, 0.2) is 0 Å². The van der Waals surface area contributed by atoms with Gasteiger partial charge in [-0.2, -0.15) is 5.26 Å². The molecule has 2 N–H and O–H groups in total. The van der Waals surface area contributed by atoms with E-state index in [0.717, 1.165) is 42.6 Å². The first-order valence-electron chi connectivity index (χ1n) is 16.2. The van der Waals surface area contributed by atoms with Crippen LogP contribution in [-0.4, -0.2) is 58.2 Å². The van der Waals surface area contributed by atoms with E-state index < -0.39 is 18.1 Å². The van der Waals surface area contributed by atoms with Crippen molar-refractivity contribution in [2.24, 2.45) is 0 Å². The zero-order valence-electron chi connectivity index (χ0n) is 26.4. The summed E-state index contributed by atoms with van der Waals surface area (Å²) in [4.78, 5) is 13.6. The molecule has 0 radical (unpaired) electrons. The summed E-state index contributed by atoms with van der Waals surface area (Å²) in [5.41, 5.74) is 11.7. The number of rotatable bonds is 6. The Hall–Kier alpha value is -2.86. The van der Waals surface area contributed by atoms with Crippen molar-refractivity contribution in [3.63, 3.8) is 0 Å². The molecule has 0 bridgehead atoms. The average Bonchev–Trinajstić information content (AvgIpc) is 3.47. The van der Waals surface area contributed by atoms with E-state index >= 15 is 0 Å². The standard InChI is InChI=1S/C26H33F2N5.C8H14FN/c1-5-15(4)17-10-11-20(30)19(13-29)24(17)16-8-9-18-21(12-16)31-23(7-3)32-25(18)33-14-26(27,28)22(33)6-2;1-8-3-2-4-10(8)6-7(9)5-8/h10-11,15-16,22H,5-9,12,14,30H2,1-4H3;7H,2-6H2,1H3/t15-,16?,22?;/m0./s1. The summed E-state index contributed by atoms with van der Waals surface area (Å²) in [5.74, 6) is -0.875. The number of aryl methyl sites for hydroxylation is 1. The maximum Gasteiger partial charge on any atom is 0.285 e. The molecule has 1 aromatic heterocycles. The topological polar surface area (TPSA) is 82.1 Å². The predicted octanol–water partition coefficient (Wildman–Crippen LogP) is 7.10. The number of hydrogen-bond donors (Lipinski definition) is 1. The maximum atomic E-state index is 14.2. The number of aromatic nitrogens is 2. The summed E-state index contributed by atoms with van der Waals surface area (Å²) in [6, 6.07) is 5.44. The lowest BCUT2D eigenvalue weighted by Gasteiger charge is -2.49. The minimum absolute atomic E-state index is 0.118. The van der Waals surface area contributed by atoms with Crippen LogP contribution in [-0.2, 0) is 19.3 Å². The van der Waals surface area contributed by atoms with Gasteiger partial charge in [-0.3, -0.25) is 4.90 Å². The molecule has 0 spiro atoms. The van der Waals surface area contributed by atoms with Crippen LogP contribution in [0.3, 0.4) is 0 Å². The van der Waals surface area contributed by atoms with Crippen LogP contribution in [0.5, 0.6) is 0 Å². The molecule has 234 valence electrons. The monoisotopic (exact) mass is 596 g/mol. The fourth-order valence-electron chi connectivity index (χ4n) is 7.86. The number of nitrogen functional groups attached to an aromatic ring is 1. The molecular weight excluding hydrogens is 549 g/mol. The van der Waals surface area contributed by atoms with E-state index in [0.29, 0.717) is 61.0 Å². The van der Waals surface area contributed by atoms with Gasteiger partial charge in [0.2, 0.25) is 0 Å². The third kappa shape index (κ3) is 5.84. The molecule has 6 rings (SSSR count). The van der Waals surface area contributed by atoms with Crippen molar-refractivity contribution in [3.8, 4) is 6.07 Å². The first-order valence-corrected chi connectivity index (χ1v) is 16.2. The Morgan fingerprint density at radius 2 is 1.98 bits per heavy atom. The molecule has 0 amide bonds. The quantitative estimate of drug-likeness (QED) is 0.359. The molecule has 6 nitrogen and oxygen atoms in total. The van der Waals surface area contributed by atoms with Crippen LogP contribution in [0, 0.1) is 11.3 Å². The zero-order chi connectivity index (χ0) is 31.1. The van der Waals surface area contributed by atoms with Gasteiger partial charge in [-0.15, -0.1) is 0 Å². The van der Waals surface area contributed by atoms with E-state index in [9.17, 15) is 18.4 Å². The summed E-state index contributed by atoms with van der Waals surface area (Å²) >= 11 is 0. The third-order valence-electron chi connectivity index (χ3n) is 10.5. The van der Waals surface area contributed by atoms with Crippen LogP contribution < -0.4 is 10.6 Å². The van der Waals surface area contributed by atoms with Gasteiger partial charge in [-0.05, 0) is 93.9 Å². The Morgan fingerprint density at radius 1 is 1.21 bits per heavy atom. The van der Waals surface area contributed by atoms with Gasteiger partial charge in [0.1, 0.15) is 23.9 Å². The second-order valence-corrected chi connectivity index (χ2v) is 13.3. The lowest BCUT2D eigenvalue weighted by molar-refractivity contribution is -0.0719. The molecule has 4 heterocycles. The first-order chi connectivity index (χ1) is 20.5. The molecular formula is C34H47F3N6. The number of alkyl halides is 3. The summed E-state index contributed by atoms with van der Waals surface area (Å²) in [6.07, 6.45) is 6.87. The van der Waals surface area contributed by atoms with Crippen molar-refractivity contribution < 1.29 is 13.2 Å². The molecule has 9 heteroatoms. The van der Waals surface area contributed by atoms with E-state index in [4.69, 9.17) is 15.7 Å². The van der Waals surface area contributed by atoms with Gasteiger partial charge in [0.25, 0.3) is 5.92 Å². The number of nitrogens with two attached hydrogens (primary N) is 1. The van der Waals surface area contributed by atoms with Gasteiger partial charge in [0, 0.05) is 29.8 Å². The molecule has 4 aliphatic rings. The Labute approximate surface area is 254 Å².